The quantitative estimate of drug-likeness (QED) is 0.671. The summed E-state index contributed by atoms with van der Waals surface area (Å²) in [6.07, 6.45) is 6.12. The Morgan fingerprint density at radius 1 is 0.950 bits per heavy atom. The van der Waals surface area contributed by atoms with Crippen molar-refractivity contribution < 1.29 is 9.53 Å². The highest BCUT2D eigenvalue weighted by Gasteiger charge is 2.17. The van der Waals surface area contributed by atoms with E-state index in [0.29, 0.717) is 11.1 Å². The Hall–Kier alpha value is -2.89. The number of nitrogens with zero attached hydrogens (tertiary/aromatic N) is 4. The Kier molecular flexibility index (Phi) is 3.04. The van der Waals surface area contributed by atoms with Crippen LogP contribution in [0.1, 0.15) is 16.1 Å². The zero-order valence-electron chi connectivity index (χ0n) is 10.6. The van der Waals surface area contributed by atoms with Crippen molar-refractivity contribution in [3.63, 3.8) is 0 Å². The summed E-state index contributed by atoms with van der Waals surface area (Å²) >= 11 is 0. The number of benzene rings is 1. The number of aromatic nitrogens is 4. The van der Waals surface area contributed by atoms with Crippen LogP contribution in [0.5, 0.6) is 5.88 Å². The maximum absolute atomic E-state index is 12.4. The third kappa shape index (κ3) is 2.07. The molecule has 0 N–H and O–H groups in total. The minimum Gasteiger partial charge on any atom is -0.479 e. The number of rotatable bonds is 3. The first-order valence-corrected chi connectivity index (χ1v) is 5.90. The van der Waals surface area contributed by atoms with Crippen LogP contribution in [0.25, 0.3) is 11.0 Å². The molecule has 20 heavy (non-hydrogen) atoms. The first kappa shape index (κ1) is 12.2. The lowest BCUT2D eigenvalue weighted by molar-refractivity contribution is 0.103. The van der Waals surface area contributed by atoms with E-state index in [0.717, 1.165) is 5.52 Å². The Bertz CT molecular complexity index is 789. The van der Waals surface area contributed by atoms with Gasteiger partial charge in [-0.1, -0.05) is 0 Å². The van der Waals surface area contributed by atoms with Gasteiger partial charge in [-0.25, -0.2) is 9.97 Å². The molecule has 0 aliphatic rings. The largest absolute Gasteiger partial charge is 0.479 e. The molecule has 3 aromatic rings. The normalized spacial score (nSPS) is 10.4. The van der Waals surface area contributed by atoms with Crippen molar-refractivity contribution in [2.45, 2.75) is 0 Å². The molecule has 3 rings (SSSR count). The second kappa shape index (κ2) is 5.00. The first-order chi connectivity index (χ1) is 9.79. The number of hydrogen-bond acceptors (Lipinski definition) is 6. The Morgan fingerprint density at radius 3 is 2.45 bits per heavy atom. The van der Waals surface area contributed by atoms with Gasteiger partial charge in [-0.3, -0.25) is 14.8 Å². The second-order valence-corrected chi connectivity index (χ2v) is 4.00. The standard InChI is InChI=1S/C14H10N4O2/c1-20-14-12(17-6-7-18-14)13(19)9-2-3-10-11(8-9)16-5-4-15-10/h2-8H,1H3. The molecule has 6 heteroatoms. The Balaban J connectivity index is 2.08. The zero-order chi connectivity index (χ0) is 13.9. The summed E-state index contributed by atoms with van der Waals surface area (Å²) in [6.45, 7) is 0. The van der Waals surface area contributed by atoms with E-state index < -0.39 is 0 Å². The van der Waals surface area contributed by atoms with Gasteiger partial charge in [0.2, 0.25) is 11.7 Å². The van der Waals surface area contributed by atoms with Gasteiger partial charge in [0.25, 0.3) is 0 Å². The van der Waals surface area contributed by atoms with Crippen LogP contribution in [0.4, 0.5) is 0 Å². The van der Waals surface area contributed by atoms with Gasteiger partial charge in [-0.15, -0.1) is 0 Å². The van der Waals surface area contributed by atoms with E-state index in [4.69, 9.17) is 4.74 Å². The minimum atomic E-state index is -0.262. The SMILES string of the molecule is COc1nccnc1C(=O)c1ccc2nccnc2c1. The number of ketones is 1. The molecule has 6 nitrogen and oxygen atoms in total. The van der Waals surface area contributed by atoms with Crippen LogP contribution in [-0.4, -0.2) is 32.8 Å². The van der Waals surface area contributed by atoms with Crippen molar-refractivity contribution in [1.82, 2.24) is 19.9 Å². The van der Waals surface area contributed by atoms with Gasteiger partial charge in [0.05, 0.1) is 18.1 Å². The van der Waals surface area contributed by atoms with E-state index in [1.54, 1.807) is 30.6 Å². The average molecular weight is 266 g/mol. The van der Waals surface area contributed by atoms with E-state index in [2.05, 4.69) is 19.9 Å². The number of hydrogen-bond donors (Lipinski definition) is 0. The van der Waals surface area contributed by atoms with Crippen LogP contribution in [0.15, 0.2) is 43.0 Å². The van der Waals surface area contributed by atoms with Gasteiger partial charge < -0.3 is 4.74 Å². The number of methoxy groups -OCH3 is 1. The maximum atomic E-state index is 12.4. The topological polar surface area (TPSA) is 77.9 Å². The Morgan fingerprint density at radius 2 is 1.65 bits per heavy atom. The summed E-state index contributed by atoms with van der Waals surface area (Å²) in [7, 11) is 1.45. The molecule has 0 aliphatic carbocycles. The van der Waals surface area contributed by atoms with Crippen LogP contribution < -0.4 is 4.74 Å². The number of carbonyl (C=O) groups excluding carboxylic acids is 1. The third-order valence-corrected chi connectivity index (χ3v) is 2.80. The van der Waals surface area contributed by atoms with Crippen LogP contribution in [0.3, 0.4) is 0 Å². The number of carbonyl (C=O) groups is 1. The molecule has 1 aromatic carbocycles. The van der Waals surface area contributed by atoms with Crippen molar-refractivity contribution in [2.24, 2.45) is 0 Å². The zero-order valence-corrected chi connectivity index (χ0v) is 10.6. The van der Waals surface area contributed by atoms with Gasteiger partial charge in [0, 0.05) is 30.4 Å². The van der Waals surface area contributed by atoms with Gasteiger partial charge in [-0.05, 0) is 18.2 Å². The van der Waals surface area contributed by atoms with Crippen molar-refractivity contribution in [3.05, 3.63) is 54.2 Å². The third-order valence-electron chi connectivity index (χ3n) is 2.80. The van der Waals surface area contributed by atoms with E-state index in [-0.39, 0.29) is 17.4 Å². The summed E-state index contributed by atoms with van der Waals surface area (Å²) < 4.78 is 5.05. The Labute approximate surface area is 114 Å². The van der Waals surface area contributed by atoms with Crippen LogP contribution >= 0.6 is 0 Å². The van der Waals surface area contributed by atoms with E-state index >= 15 is 0 Å². The molecule has 0 saturated heterocycles. The highest BCUT2D eigenvalue weighted by Crippen LogP contribution is 2.18. The van der Waals surface area contributed by atoms with Crippen LogP contribution in [-0.2, 0) is 0 Å². The van der Waals surface area contributed by atoms with Crippen LogP contribution in [0, 0.1) is 0 Å². The highest BCUT2D eigenvalue weighted by molar-refractivity contribution is 6.10. The molecule has 0 spiro atoms. The fourth-order valence-electron chi connectivity index (χ4n) is 1.87. The lowest BCUT2D eigenvalue weighted by Gasteiger charge is -2.05. The summed E-state index contributed by atoms with van der Waals surface area (Å²) in [4.78, 5) is 28.8. The smallest absolute Gasteiger partial charge is 0.243 e. The van der Waals surface area contributed by atoms with Crippen molar-refractivity contribution in [1.29, 1.82) is 0 Å². The fourth-order valence-corrected chi connectivity index (χ4v) is 1.87. The summed E-state index contributed by atoms with van der Waals surface area (Å²) in [5, 5.41) is 0. The fraction of sp³-hybridized carbons (Fsp3) is 0.0714. The number of ether oxygens (including phenoxy) is 1. The highest BCUT2D eigenvalue weighted by atomic mass is 16.5. The summed E-state index contributed by atoms with van der Waals surface area (Å²) in [5.74, 6) is -0.0563. The predicted molar refractivity (Wildman–Crippen MR) is 71.6 cm³/mol. The molecule has 0 radical (unpaired) electrons. The molecule has 98 valence electrons. The van der Waals surface area contributed by atoms with Gasteiger partial charge in [-0.2, -0.15) is 0 Å². The van der Waals surface area contributed by atoms with E-state index in [1.165, 1.54) is 19.5 Å². The van der Waals surface area contributed by atoms with Crippen LogP contribution in [0.2, 0.25) is 0 Å². The summed E-state index contributed by atoms with van der Waals surface area (Å²) in [5.41, 5.74) is 2.03. The molecule has 2 aromatic heterocycles. The lowest BCUT2D eigenvalue weighted by atomic mass is 10.1. The van der Waals surface area contributed by atoms with Gasteiger partial charge >= 0.3 is 0 Å². The number of fused-ring (bicyclic) bond motifs is 1. The molecular weight excluding hydrogens is 256 g/mol. The lowest BCUT2D eigenvalue weighted by Crippen LogP contribution is -2.07. The van der Waals surface area contributed by atoms with Gasteiger partial charge in [0.15, 0.2) is 5.69 Å². The molecule has 0 aliphatic heterocycles. The minimum absolute atomic E-state index is 0.179. The second-order valence-electron chi connectivity index (χ2n) is 4.00. The molecule has 0 atom stereocenters. The van der Waals surface area contributed by atoms with Gasteiger partial charge in [0.1, 0.15) is 0 Å². The molecule has 0 fully saturated rings. The molecule has 0 bridgehead atoms. The molecule has 2 heterocycles. The summed E-state index contributed by atoms with van der Waals surface area (Å²) in [6, 6.07) is 5.12. The monoisotopic (exact) mass is 266 g/mol. The molecule has 0 amide bonds. The average Bonchev–Trinajstić information content (AvgIpc) is 2.53. The predicted octanol–water partition coefficient (Wildman–Crippen LogP) is 1.66. The molecule has 0 saturated carbocycles. The van der Waals surface area contributed by atoms with E-state index in [9.17, 15) is 4.79 Å². The molecule has 0 unspecified atom stereocenters. The van der Waals surface area contributed by atoms with Crippen molar-refractivity contribution >= 4 is 16.8 Å². The van der Waals surface area contributed by atoms with Crippen molar-refractivity contribution in [3.8, 4) is 5.88 Å². The first-order valence-electron chi connectivity index (χ1n) is 5.90. The van der Waals surface area contributed by atoms with E-state index in [1.807, 2.05) is 0 Å². The van der Waals surface area contributed by atoms with Crippen molar-refractivity contribution in [2.75, 3.05) is 7.11 Å². The molecular formula is C14H10N4O2. The maximum Gasteiger partial charge on any atom is 0.243 e.